The number of carbonyl (C=O) groups is 2. The fourth-order valence-corrected chi connectivity index (χ4v) is 3.59. The Morgan fingerprint density at radius 2 is 1.56 bits per heavy atom. The third kappa shape index (κ3) is 5.29. The fraction of sp³-hybridized carbons (Fsp3) is 0.280. The summed E-state index contributed by atoms with van der Waals surface area (Å²) in [6.07, 6.45) is -0.0388. The van der Waals surface area contributed by atoms with E-state index in [0.717, 1.165) is 16.3 Å². The number of benzene rings is 3. The van der Waals surface area contributed by atoms with Crippen LogP contribution in [0, 0.1) is 0 Å². The largest absolute Gasteiger partial charge is 0.493 e. The molecule has 3 aromatic rings. The van der Waals surface area contributed by atoms with Gasteiger partial charge in [0.1, 0.15) is 0 Å². The van der Waals surface area contributed by atoms with E-state index >= 15 is 0 Å². The topological polar surface area (TPSA) is 83.1 Å². The predicted octanol–water partition coefficient (Wildman–Crippen LogP) is 3.83. The second-order valence-electron chi connectivity index (χ2n) is 7.23. The molecule has 0 spiro atoms. The Hall–Kier alpha value is -3.74. The molecular weight excluding hydrogens is 410 g/mol. The molecule has 0 heterocycles. The van der Waals surface area contributed by atoms with Crippen molar-refractivity contribution in [3.63, 3.8) is 0 Å². The number of rotatable bonds is 9. The monoisotopic (exact) mass is 437 g/mol. The quantitative estimate of drug-likeness (QED) is 0.513. The maximum Gasteiger partial charge on any atom is 0.310 e. The average molecular weight is 437 g/mol. The highest BCUT2D eigenvalue weighted by atomic mass is 16.5. The van der Waals surface area contributed by atoms with Crippen LogP contribution in [-0.4, -0.2) is 39.8 Å². The predicted molar refractivity (Wildman–Crippen MR) is 121 cm³/mol. The molecule has 32 heavy (non-hydrogen) atoms. The van der Waals surface area contributed by atoms with Crippen molar-refractivity contribution in [3.8, 4) is 17.2 Å². The van der Waals surface area contributed by atoms with Gasteiger partial charge in [-0.3, -0.25) is 9.59 Å². The normalized spacial score (nSPS) is 11.5. The van der Waals surface area contributed by atoms with Gasteiger partial charge in [0.25, 0.3) is 5.91 Å². The smallest absolute Gasteiger partial charge is 0.310 e. The molecule has 0 aliphatic carbocycles. The second kappa shape index (κ2) is 10.5. The van der Waals surface area contributed by atoms with Crippen LogP contribution in [0.15, 0.2) is 54.6 Å². The maximum absolute atomic E-state index is 12.4. The summed E-state index contributed by atoms with van der Waals surface area (Å²) >= 11 is 0. The highest BCUT2D eigenvalue weighted by Gasteiger charge is 2.17. The van der Waals surface area contributed by atoms with Crippen molar-refractivity contribution in [1.82, 2.24) is 5.32 Å². The molecule has 0 aliphatic rings. The SMILES string of the molecule is COc1cc(CC(=O)OCC(=O)NC(C)c2cccc3ccccc23)cc(OC)c1OC. The minimum absolute atomic E-state index is 0.0388. The molecule has 3 rings (SSSR count). The minimum Gasteiger partial charge on any atom is -0.493 e. The first-order chi connectivity index (χ1) is 15.5. The van der Waals surface area contributed by atoms with Gasteiger partial charge in [-0.05, 0) is 41.0 Å². The molecule has 3 aromatic carbocycles. The Kier molecular flexibility index (Phi) is 7.54. The van der Waals surface area contributed by atoms with E-state index in [-0.39, 0.29) is 25.0 Å². The summed E-state index contributed by atoms with van der Waals surface area (Å²) in [7, 11) is 4.51. The zero-order valence-electron chi connectivity index (χ0n) is 18.6. The number of carbonyl (C=O) groups excluding carboxylic acids is 2. The van der Waals surface area contributed by atoms with Crippen LogP contribution in [0.1, 0.15) is 24.1 Å². The Labute approximate surface area is 187 Å². The molecule has 0 fully saturated rings. The number of hydrogen-bond acceptors (Lipinski definition) is 6. The van der Waals surface area contributed by atoms with Crippen LogP contribution in [0.4, 0.5) is 0 Å². The van der Waals surface area contributed by atoms with Crippen LogP contribution in [-0.2, 0) is 20.7 Å². The Bertz CT molecular complexity index is 1080. The molecule has 1 N–H and O–H groups in total. The van der Waals surface area contributed by atoms with Crippen LogP contribution in [0.3, 0.4) is 0 Å². The molecule has 1 amide bonds. The third-order valence-electron chi connectivity index (χ3n) is 5.10. The van der Waals surface area contributed by atoms with Crippen LogP contribution in [0.5, 0.6) is 17.2 Å². The van der Waals surface area contributed by atoms with Gasteiger partial charge in [0, 0.05) is 0 Å². The molecule has 0 saturated heterocycles. The van der Waals surface area contributed by atoms with E-state index in [2.05, 4.69) is 5.32 Å². The van der Waals surface area contributed by atoms with Gasteiger partial charge in [0.2, 0.25) is 5.75 Å². The lowest BCUT2D eigenvalue weighted by Crippen LogP contribution is -2.31. The van der Waals surface area contributed by atoms with Crippen LogP contribution in [0.25, 0.3) is 10.8 Å². The number of esters is 1. The summed E-state index contributed by atoms with van der Waals surface area (Å²) in [5, 5.41) is 5.06. The summed E-state index contributed by atoms with van der Waals surface area (Å²) in [5.74, 6) is 0.414. The minimum atomic E-state index is -0.535. The van der Waals surface area contributed by atoms with Gasteiger partial charge in [0.15, 0.2) is 18.1 Å². The summed E-state index contributed by atoms with van der Waals surface area (Å²) in [6.45, 7) is 1.54. The highest BCUT2D eigenvalue weighted by Crippen LogP contribution is 2.38. The summed E-state index contributed by atoms with van der Waals surface area (Å²) in [5.41, 5.74) is 1.62. The number of nitrogens with one attached hydrogen (secondary N) is 1. The van der Waals surface area contributed by atoms with E-state index < -0.39 is 5.97 Å². The van der Waals surface area contributed by atoms with E-state index in [1.807, 2.05) is 49.4 Å². The number of hydrogen-bond donors (Lipinski definition) is 1. The van der Waals surface area contributed by atoms with Gasteiger partial charge in [-0.25, -0.2) is 0 Å². The molecule has 0 bridgehead atoms. The Balaban J connectivity index is 1.58. The van der Waals surface area contributed by atoms with Crippen molar-refractivity contribution in [2.45, 2.75) is 19.4 Å². The zero-order valence-corrected chi connectivity index (χ0v) is 18.6. The Morgan fingerprint density at radius 1 is 0.906 bits per heavy atom. The number of amides is 1. The van der Waals surface area contributed by atoms with Gasteiger partial charge >= 0.3 is 5.97 Å². The van der Waals surface area contributed by atoms with E-state index in [0.29, 0.717) is 22.8 Å². The van der Waals surface area contributed by atoms with Crippen molar-refractivity contribution in [1.29, 1.82) is 0 Å². The van der Waals surface area contributed by atoms with Crippen molar-refractivity contribution in [3.05, 3.63) is 65.7 Å². The Morgan fingerprint density at radius 3 is 2.22 bits per heavy atom. The first-order valence-corrected chi connectivity index (χ1v) is 10.2. The fourth-order valence-electron chi connectivity index (χ4n) is 3.59. The van der Waals surface area contributed by atoms with E-state index in [9.17, 15) is 9.59 Å². The first kappa shape index (κ1) is 22.9. The molecule has 7 heteroatoms. The lowest BCUT2D eigenvalue weighted by atomic mass is 10.00. The average Bonchev–Trinajstić information content (AvgIpc) is 2.81. The van der Waals surface area contributed by atoms with Crippen LogP contribution in [0.2, 0.25) is 0 Å². The number of fused-ring (bicyclic) bond motifs is 1. The van der Waals surface area contributed by atoms with E-state index in [1.165, 1.54) is 21.3 Å². The summed E-state index contributed by atoms with van der Waals surface area (Å²) in [6, 6.07) is 17.1. The maximum atomic E-state index is 12.4. The summed E-state index contributed by atoms with van der Waals surface area (Å²) < 4.78 is 21.0. The molecule has 7 nitrogen and oxygen atoms in total. The third-order valence-corrected chi connectivity index (χ3v) is 5.10. The van der Waals surface area contributed by atoms with Gasteiger partial charge in [-0.15, -0.1) is 0 Å². The molecule has 1 atom stereocenters. The molecule has 168 valence electrons. The van der Waals surface area contributed by atoms with Crippen molar-refractivity contribution in [2.24, 2.45) is 0 Å². The van der Waals surface area contributed by atoms with E-state index in [4.69, 9.17) is 18.9 Å². The zero-order chi connectivity index (χ0) is 23.1. The lowest BCUT2D eigenvalue weighted by Gasteiger charge is -2.17. The van der Waals surface area contributed by atoms with Crippen LogP contribution < -0.4 is 19.5 Å². The lowest BCUT2D eigenvalue weighted by molar-refractivity contribution is -0.148. The highest BCUT2D eigenvalue weighted by molar-refractivity contribution is 5.87. The van der Waals surface area contributed by atoms with Crippen LogP contribution >= 0.6 is 0 Å². The first-order valence-electron chi connectivity index (χ1n) is 10.2. The number of ether oxygens (including phenoxy) is 4. The van der Waals surface area contributed by atoms with Crippen molar-refractivity contribution in [2.75, 3.05) is 27.9 Å². The standard InChI is InChI=1S/C25H27NO6/c1-16(19-11-7-9-18-8-5-6-10-20(18)19)26-23(27)15-32-24(28)14-17-12-21(29-2)25(31-4)22(13-17)30-3/h5-13,16H,14-15H2,1-4H3,(H,26,27). The number of methoxy groups -OCH3 is 3. The molecule has 0 radical (unpaired) electrons. The van der Waals surface area contributed by atoms with Crippen molar-refractivity contribution >= 4 is 22.6 Å². The second-order valence-corrected chi connectivity index (χ2v) is 7.23. The molecule has 0 aliphatic heterocycles. The molecule has 0 saturated carbocycles. The van der Waals surface area contributed by atoms with Gasteiger partial charge in [0.05, 0.1) is 33.8 Å². The molecule has 1 unspecified atom stereocenters. The van der Waals surface area contributed by atoms with E-state index in [1.54, 1.807) is 12.1 Å². The van der Waals surface area contributed by atoms with Crippen molar-refractivity contribution < 1.29 is 28.5 Å². The van der Waals surface area contributed by atoms with Gasteiger partial charge < -0.3 is 24.3 Å². The van der Waals surface area contributed by atoms with Gasteiger partial charge in [-0.1, -0.05) is 42.5 Å². The molecular formula is C25H27NO6. The summed E-state index contributed by atoms with van der Waals surface area (Å²) in [4.78, 5) is 24.6. The van der Waals surface area contributed by atoms with Gasteiger partial charge in [-0.2, -0.15) is 0 Å². The molecule has 0 aromatic heterocycles.